The fraction of sp³-hybridized carbons (Fsp3) is 0.786. The van der Waals surface area contributed by atoms with Gasteiger partial charge >= 0.3 is 12.7 Å². The third-order valence-corrected chi connectivity index (χ3v) is 8.45. The van der Waals surface area contributed by atoms with Crippen LogP contribution in [0.4, 0.5) is 0 Å². The molecule has 144 valence electrons. The molecule has 0 saturated carbocycles. The molecule has 0 spiro atoms. The molecule has 0 bridgehead atoms. The van der Waals surface area contributed by atoms with Crippen molar-refractivity contribution in [2.24, 2.45) is 10.7 Å². The smallest absolute Gasteiger partial charge is 0.329 e. The van der Waals surface area contributed by atoms with Crippen molar-refractivity contribution in [2.75, 3.05) is 32.5 Å². The summed E-state index contributed by atoms with van der Waals surface area (Å²) in [5.74, 6) is -0.187. The Hall–Kier alpha value is -1.09. The van der Waals surface area contributed by atoms with E-state index in [2.05, 4.69) is 4.99 Å². The van der Waals surface area contributed by atoms with Gasteiger partial charge in [0, 0.05) is 12.3 Å². The number of likely N-dealkylation sites (N-methyl/N-ethyl adjacent to an activating group) is 1. The number of aliphatic imine (C=N–C) groups is 1. The molecule has 2 N–H and O–H groups in total. The van der Waals surface area contributed by atoms with Gasteiger partial charge < -0.3 is 19.9 Å². The zero-order valence-electron chi connectivity index (χ0n) is 15.3. The van der Waals surface area contributed by atoms with Gasteiger partial charge in [0.1, 0.15) is 12.6 Å². The maximum atomic E-state index is 13.2. The lowest BCUT2D eigenvalue weighted by atomic mass is 10.3. The Labute approximate surface area is 152 Å². The van der Waals surface area contributed by atoms with Crippen LogP contribution in [0.15, 0.2) is 4.99 Å². The highest BCUT2D eigenvalue weighted by molar-refractivity contribution is 8.55. The summed E-state index contributed by atoms with van der Waals surface area (Å²) in [6.07, 6.45) is -0.252. The fourth-order valence-electron chi connectivity index (χ4n) is 2.02. The number of carbonyl (C=O) groups is 2. The zero-order chi connectivity index (χ0) is 19.2. The number of nitrogens with two attached hydrogens (primary N) is 1. The molecular formula is C14H27N4O5PS. The molecule has 0 fully saturated rings. The van der Waals surface area contributed by atoms with Gasteiger partial charge in [-0.3, -0.25) is 14.2 Å². The van der Waals surface area contributed by atoms with Crippen molar-refractivity contribution in [1.29, 1.82) is 0 Å². The third kappa shape index (κ3) is 6.29. The average molecular weight is 394 g/mol. The van der Waals surface area contributed by atoms with E-state index in [1.165, 1.54) is 4.67 Å². The van der Waals surface area contributed by atoms with Crippen molar-refractivity contribution >= 4 is 35.9 Å². The number of guanidine groups is 1. The first-order chi connectivity index (χ1) is 11.6. The Kier molecular flexibility index (Phi) is 8.40. The summed E-state index contributed by atoms with van der Waals surface area (Å²) >= 11 is 1.10. The monoisotopic (exact) mass is 394 g/mol. The standard InChI is InChI=1S/C14H27N4O5PS/c1-6-22-24(21,17(5)11(4)13(20)23-10(2)3)25-8-7-18-9-12(19)16-14(18)15/h10-11H,6-9H2,1-5H3,(H2,15,16,19)/t11-,24?/m0/s1. The van der Waals surface area contributed by atoms with Crippen LogP contribution in [0.1, 0.15) is 27.7 Å². The first kappa shape index (κ1) is 22.0. The zero-order valence-corrected chi connectivity index (χ0v) is 17.0. The van der Waals surface area contributed by atoms with E-state index in [-0.39, 0.29) is 31.1 Å². The topological polar surface area (TPSA) is 115 Å². The quantitative estimate of drug-likeness (QED) is 0.432. The minimum Gasteiger partial charge on any atom is -0.462 e. The summed E-state index contributed by atoms with van der Waals surface area (Å²) < 4.78 is 25.2. The highest BCUT2D eigenvalue weighted by atomic mass is 32.7. The summed E-state index contributed by atoms with van der Waals surface area (Å²) in [5.41, 5.74) is 5.65. The molecule has 0 aromatic rings. The molecule has 0 aromatic heterocycles. The van der Waals surface area contributed by atoms with Gasteiger partial charge in [-0.05, 0) is 34.7 Å². The van der Waals surface area contributed by atoms with Gasteiger partial charge in [-0.25, -0.2) is 4.67 Å². The molecule has 25 heavy (non-hydrogen) atoms. The van der Waals surface area contributed by atoms with E-state index in [1.54, 1.807) is 39.6 Å². The van der Waals surface area contributed by atoms with E-state index in [9.17, 15) is 14.2 Å². The van der Waals surface area contributed by atoms with Gasteiger partial charge in [-0.1, -0.05) is 11.4 Å². The highest BCUT2D eigenvalue weighted by Crippen LogP contribution is 2.62. The number of esters is 1. The van der Waals surface area contributed by atoms with Crippen molar-refractivity contribution in [1.82, 2.24) is 9.57 Å². The van der Waals surface area contributed by atoms with Crippen LogP contribution in [0.5, 0.6) is 0 Å². The van der Waals surface area contributed by atoms with E-state index in [0.717, 1.165) is 11.4 Å². The second-order valence-electron chi connectivity index (χ2n) is 5.74. The van der Waals surface area contributed by atoms with Crippen LogP contribution in [0.25, 0.3) is 0 Å². The molecule has 0 saturated heterocycles. The van der Waals surface area contributed by atoms with Gasteiger partial charge in [-0.15, -0.1) is 0 Å². The van der Waals surface area contributed by atoms with Crippen molar-refractivity contribution in [3.63, 3.8) is 0 Å². The summed E-state index contributed by atoms with van der Waals surface area (Å²) in [6, 6.07) is -0.715. The van der Waals surface area contributed by atoms with Gasteiger partial charge in [0.05, 0.1) is 12.7 Å². The van der Waals surface area contributed by atoms with E-state index in [4.69, 9.17) is 15.0 Å². The first-order valence-corrected chi connectivity index (χ1v) is 11.2. The second kappa shape index (κ2) is 9.56. The predicted octanol–water partition coefficient (Wildman–Crippen LogP) is 1.29. The molecule has 2 atom stereocenters. The number of ether oxygens (including phenoxy) is 1. The van der Waals surface area contributed by atoms with Crippen LogP contribution >= 0.6 is 18.1 Å². The lowest BCUT2D eigenvalue weighted by molar-refractivity contribution is -0.151. The van der Waals surface area contributed by atoms with Crippen molar-refractivity contribution in [3.05, 3.63) is 0 Å². The summed E-state index contributed by atoms with van der Waals surface area (Å²) in [5, 5.41) is 0. The van der Waals surface area contributed by atoms with Crippen LogP contribution in [-0.2, 0) is 23.4 Å². The maximum absolute atomic E-state index is 13.2. The molecule has 11 heteroatoms. The minimum atomic E-state index is -3.30. The van der Waals surface area contributed by atoms with Crippen molar-refractivity contribution in [2.45, 2.75) is 39.8 Å². The lowest BCUT2D eigenvalue weighted by Crippen LogP contribution is -2.37. The number of nitrogens with zero attached hydrogens (tertiary/aromatic N) is 3. The normalized spacial score (nSPS) is 18.4. The van der Waals surface area contributed by atoms with Gasteiger partial charge in [0.2, 0.25) is 0 Å². The van der Waals surface area contributed by atoms with Crippen LogP contribution in [0.2, 0.25) is 0 Å². The average Bonchev–Trinajstić information content (AvgIpc) is 2.83. The fourth-order valence-corrected chi connectivity index (χ4v) is 6.28. The van der Waals surface area contributed by atoms with Gasteiger partial charge in [0.15, 0.2) is 5.96 Å². The maximum Gasteiger partial charge on any atom is 0.329 e. The molecule has 1 heterocycles. The molecule has 0 radical (unpaired) electrons. The number of amides is 1. The Bertz CT molecular complexity index is 571. The molecule has 9 nitrogen and oxygen atoms in total. The van der Waals surface area contributed by atoms with Crippen LogP contribution in [0, 0.1) is 0 Å². The first-order valence-electron chi connectivity index (χ1n) is 8.05. The molecule has 0 aromatic carbocycles. The van der Waals surface area contributed by atoms with Crippen LogP contribution in [-0.4, -0.2) is 72.0 Å². The number of hydrogen-bond donors (Lipinski definition) is 1. The van der Waals surface area contributed by atoms with Gasteiger partial charge in [-0.2, -0.15) is 4.99 Å². The molecule has 1 unspecified atom stereocenters. The van der Waals surface area contributed by atoms with E-state index in [0.29, 0.717) is 12.3 Å². The van der Waals surface area contributed by atoms with Crippen LogP contribution in [0.3, 0.4) is 0 Å². The van der Waals surface area contributed by atoms with E-state index >= 15 is 0 Å². The third-order valence-electron chi connectivity index (χ3n) is 3.44. The Morgan fingerprint density at radius 3 is 2.60 bits per heavy atom. The Morgan fingerprint density at radius 1 is 1.48 bits per heavy atom. The summed E-state index contributed by atoms with van der Waals surface area (Å²) in [6.45, 7) is 4.34. The molecular weight excluding hydrogens is 367 g/mol. The number of carbonyl (C=O) groups excluding carboxylic acids is 2. The van der Waals surface area contributed by atoms with Crippen LogP contribution < -0.4 is 5.73 Å². The summed E-state index contributed by atoms with van der Waals surface area (Å²) in [7, 11) is 1.57. The molecule has 1 aliphatic heterocycles. The molecule has 0 aliphatic carbocycles. The SMILES string of the molecule is CCOP(=O)(SCCN1CC(=O)N=C1N)N(C)[C@@H](C)C(=O)OC(C)C. The highest BCUT2D eigenvalue weighted by Gasteiger charge is 2.37. The molecule has 1 aliphatic rings. The van der Waals surface area contributed by atoms with Gasteiger partial charge in [0.25, 0.3) is 5.91 Å². The predicted molar refractivity (Wildman–Crippen MR) is 98.3 cm³/mol. The van der Waals surface area contributed by atoms with Crippen molar-refractivity contribution in [3.8, 4) is 0 Å². The second-order valence-corrected chi connectivity index (χ2v) is 10.4. The number of hydrogen-bond acceptors (Lipinski definition) is 8. The Morgan fingerprint density at radius 2 is 2.12 bits per heavy atom. The van der Waals surface area contributed by atoms with Crippen molar-refractivity contribution < 1.29 is 23.4 Å². The van der Waals surface area contributed by atoms with E-state index < -0.39 is 18.7 Å². The largest absolute Gasteiger partial charge is 0.462 e. The summed E-state index contributed by atoms with van der Waals surface area (Å²) in [4.78, 5) is 28.6. The number of rotatable bonds is 10. The minimum absolute atomic E-state index is 0.123. The molecule has 1 amide bonds. The Balaban J connectivity index is 2.68. The molecule has 1 rings (SSSR count). The lowest BCUT2D eigenvalue weighted by Gasteiger charge is -2.31. The van der Waals surface area contributed by atoms with E-state index in [1.807, 2.05) is 0 Å².